The molecule has 4 aromatic heterocycles. The molecule has 1 atom stereocenters. The van der Waals surface area contributed by atoms with Crippen LogP contribution in [-0.2, 0) is 6.18 Å². The number of Topliss-reactive ketones (excluding diaryl/α,β-unsaturated/α-hetero) is 1. The Morgan fingerprint density at radius 3 is 2.58 bits per heavy atom. The van der Waals surface area contributed by atoms with Crippen LogP contribution < -0.4 is 5.32 Å². The van der Waals surface area contributed by atoms with Gasteiger partial charge in [-0.1, -0.05) is 18.5 Å². The van der Waals surface area contributed by atoms with Crippen LogP contribution in [0.25, 0.3) is 11.5 Å². The maximum atomic E-state index is 13.0. The standard InChI is InChI=1S/C22H17ClF3N7O2S/c1-10(3-16(34)14-5-15(31-9-30-14)19-28-6-11(2)32-19)21-29-8-17(36-21)20(35)33-18-4-12(22(24,25)26)13(23)7-27-18/h4-10H,3H2,1-2H3,(H,28,32)(H,27,33,35). The lowest BCUT2D eigenvalue weighted by atomic mass is 10.0. The minimum atomic E-state index is -4.69. The van der Waals surface area contributed by atoms with Crippen molar-refractivity contribution in [1.82, 2.24) is 29.9 Å². The van der Waals surface area contributed by atoms with Crippen molar-refractivity contribution in [2.45, 2.75) is 32.4 Å². The second-order valence-electron chi connectivity index (χ2n) is 7.80. The largest absolute Gasteiger partial charge is 0.418 e. The number of amides is 1. The van der Waals surface area contributed by atoms with Crippen molar-refractivity contribution in [3.05, 3.63) is 68.9 Å². The number of aromatic amines is 1. The quantitative estimate of drug-likeness (QED) is 0.306. The molecule has 9 nitrogen and oxygen atoms in total. The second kappa shape index (κ2) is 10.1. The minimum Gasteiger partial charge on any atom is -0.341 e. The van der Waals surface area contributed by atoms with Crippen molar-refractivity contribution in [2.75, 3.05) is 5.32 Å². The molecule has 4 heterocycles. The van der Waals surface area contributed by atoms with Gasteiger partial charge in [-0.05, 0) is 19.1 Å². The van der Waals surface area contributed by atoms with Gasteiger partial charge in [0.15, 0.2) is 11.6 Å². The summed E-state index contributed by atoms with van der Waals surface area (Å²) in [5.74, 6) is -1.07. The molecule has 0 aliphatic rings. The van der Waals surface area contributed by atoms with E-state index >= 15 is 0 Å². The van der Waals surface area contributed by atoms with E-state index in [2.05, 4.69) is 35.2 Å². The van der Waals surface area contributed by atoms with Crippen LogP contribution in [0.3, 0.4) is 0 Å². The Morgan fingerprint density at radius 1 is 1.11 bits per heavy atom. The molecule has 0 spiro atoms. The number of ketones is 1. The van der Waals surface area contributed by atoms with Crippen LogP contribution in [0.4, 0.5) is 19.0 Å². The van der Waals surface area contributed by atoms with Crippen LogP contribution >= 0.6 is 22.9 Å². The average Bonchev–Trinajstić information content (AvgIpc) is 3.49. The maximum absolute atomic E-state index is 13.0. The van der Waals surface area contributed by atoms with Gasteiger partial charge in [-0.15, -0.1) is 11.3 Å². The summed E-state index contributed by atoms with van der Waals surface area (Å²) >= 11 is 6.58. The highest BCUT2D eigenvalue weighted by Gasteiger charge is 2.34. The van der Waals surface area contributed by atoms with Crippen molar-refractivity contribution in [3.63, 3.8) is 0 Å². The Hall–Kier alpha value is -3.71. The molecule has 0 aromatic carbocycles. The summed E-state index contributed by atoms with van der Waals surface area (Å²) in [6.07, 6.45) is 0.411. The first-order valence-electron chi connectivity index (χ1n) is 10.4. The smallest absolute Gasteiger partial charge is 0.341 e. The number of hydrogen-bond donors (Lipinski definition) is 2. The summed E-state index contributed by atoms with van der Waals surface area (Å²) in [5, 5.41) is 2.24. The third-order valence-corrected chi connectivity index (χ3v) is 6.49. The Bertz CT molecular complexity index is 1440. The molecule has 0 fully saturated rings. The zero-order chi connectivity index (χ0) is 26.0. The van der Waals surface area contributed by atoms with Crippen LogP contribution in [0.2, 0.25) is 5.02 Å². The number of aryl methyl sites for hydroxylation is 1. The normalized spacial score (nSPS) is 12.4. The number of aromatic nitrogens is 6. The fraction of sp³-hybridized carbons (Fsp3) is 0.227. The van der Waals surface area contributed by atoms with E-state index < -0.39 is 22.7 Å². The molecule has 0 aliphatic heterocycles. The molecule has 186 valence electrons. The highest BCUT2D eigenvalue weighted by molar-refractivity contribution is 7.13. The molecule has 4 aromatic rings. The third kappa shape index (κ3) is 5.74. The van der Waals surface area contributed by atoms with Gasteiger partial charge in [-0.3, -0.25) is 9.59 Å². The number of carbonyl (C=O) groups excluding carboxylic acids is 2. The van der Waals surface area contributed by atoms with E-state index in [1.165, 1.54) is 12.5 Å². The summed E-state index contributed by atoms with van der Waals surface area (Å²) in [7, 11) is 0. The fourth-order valence-electron chi connectivity index (χ4n) is 3.17. The van der Waals surface area contributed by atoms with Crippen molar-refractivity contribution in [1.29, 1.82) is 0 Å². The fourth-order valence-corrected chi connectivity index (χ4v) is 4.25. The van der Waals surface area contributed by atoms with Crippen molar-refractivity contribution in [2.24, 2.45) is 0 Å². The number of thiazole rings is 1. The van der Waals surface area contributed by atoms with Crippen LogP contribution in [0.15, 0.2) is 37.1 Å². The molecule has 4 rings (SSSR count). The van der Waals surface area contributed by atoms with Crippen molar-refractivity contribution in [3.8, 4) is 11.5 Å². The number of anilines is 1. The van der Waals surface area contributed by atoms with Gasteiger partial charge in [0.2, 0.25) is 0 Å². The van der Waals surface area contributed by atoms with Gasteiger partial charge in [0.1, 0.15) is 28.4 Å². The lowest BCUT2D eigenvalue weighted by molar-refractivity contribution is -0.137. The Morgan fingerprint density at radius 2 is 1.89 bits per heavy atom. The first-order valence-corrected chi connectivity index (χ1v) is 11.6. The second-order valence-corrected chi connectivity index (χ2v) is 9.27. The van der Waals surface area contributed by atoms with E-state index in [1.54, 1.807) is 19.2 Å². The number of alkyl halides is 3. The number of carbonyl (C=O) groups is 2. The minimum absolute atomic E-state index is 0.0654. The number of rotatable bonds is 7. The van der Waals surface area contributed by atoms with E-state index in [0.717, 1.165) is 23.2 Å². The summed E-state index contributed by atoms with van der Waals surface area (Å²) in [6, 6.07) is 2.20. The lowest BCUT2D eigenvalue weighted by Crippen LogP contribution is -2.13. The average molecular weight is 536 g/mol. The topological polar surface area (TPSA) is 126 Å². The molecule has 2 N–H and O–H groups in total. The monoisotopic (exact) mass is 535 g/mol. The highest BCUT2D eigenvalue weighted by Crippen LogP contribution is 2.35. The summed E-state index contributed by atoms with van der Waals surface area (Å²) in [5.41, 5.74) is 0.430. The zero-order valence-corrected chi connectivity index (χ0v) is 20.3. The molecule has 0 radical (unpaired) electrons. The molecular formula is C22H17ClF3N7O2S. The van der Waals surface area contributed by atoms with E-state index in [9.17, 15) is 22.8 Å². The summed E-state index contributed by atoms with van der Waals surface area (Å²) < 4.78 is 39.1. The van der Waals surface area contributed by atoms with Gasteiger partial charge in [-0.25, -0.2) is 24.9 Å². The number of H-pyrrole nitrogens is 1. The SMILES string of the molecule is Cc1cnc(-c2cc(C(=O)CC(C)c3ncc(C(=O)Nc4cc(C(F)(F)F)c(Cl)cn4)s3)ncn2)[nH]1. The van der Waals surface area contributed by atoms with Gasteiger partial charge in [0.05, 0.1) is 21.8 Å². The van der Waals surface area contributed by atoms with Crippen molar-refractivity contribution < 1.29 is 22.8 Å². The van der Waals surface area contributed by atoms with Crippen LogP contribution in [0.1, 0.15) is 55.7 Å². The van der Waals surface area contributed by atoms with E-state index in [1.807, 2.05) is 6.92 Å². The number of imidazole rings is 1. The first-order chi connectivity index (χ1) is 17.0. The van der Waals surface area contributed by atoms with Gasteiger partial charge in [0.25, 0.3) is 5.91 Å². The number of nitrogens with one attached hydrogen (secondary N) is 2. The Kier molecular flexibility index (Phi) is 7.13. The van der Waals surface area contributed by atoms with Gasteiger partial charge in [-0.2, -0.15) is 13.2 Å². The van der Waals surface area contributed by atoms with Crippen LogP contribution in [0.5, 0.6) is 0 Å². The molecule has 1 amide bonds. The van der Waals surface area contributed by atoms with Gasteiger partial charge in [0, 0.05) is 30.4 Å². The van der Waals surface area contributed by atoms with Crippen LogP contribution in [0, 0.1) is 6.92 Å². The molecule has 0 bridgehead atoms. The van der Waals surface area contributed by atoms with Gasteiger partial charge >= 0.3 is 6.18 Å². The molecule has 14 heteroatoms. The summed E-state index contributed by atoms with van der Waals surface area (Å²) in [4.78, 5) is 48.8. The Labute approximate surface area is 211 Å². The number of nitrogens with zero attached hydrogens (tertiary/aromatic N) is 5. The third-order valence-electron chi connectivity index (χ3n) is 4.96. The zero-order valence-electron chi connectivity index (χ0n) is 18.7. The van der Waals surface area contributed by atoms with Crippen molar-refractivity contribution >= 4 is 40.4 Å². The predicted octanol–water partition coefficient (Wildman–Crippen LogP) is 5.33. The number of pyridine rings is 1. The number of halogens is 4. The molecule has 0 saturated heterocycles. The predicted molar refractivity (Wildman–Crippen MR) is 126 cm³/mol. The van der Waals surface area contributed by atoms with Gasteiger partial charge < -0.3 is 10.3 Å². The van der Waals surface area contributed by atoms with E-state index in [4.69, 9.17) is 11.6 Å². The van der Waals surface area contributed by atoms with E-state index in [0.29, 0.717) is 22.6 Å². The summed E-state index contributed by atoms with van der Waals surface area (Å²) in [6.45, 7) is 3.62. The molecule has 1 unspecified atom stereocenters. The maximum Gasteiger partial charge on any atom is 0.418 e. The molecule has 0 aliphatic carbocycles. The number of hydrogen-bond acceptors (Lipinski definition) is 8. The highest BCUT2D eigenvalue weighted by atomic mass is 35.5. The van der Waals surface area contributed by atoms with E-state index in [-0.39, 0.29) is 34.5 Å². The first kappa shape index (κ1) is 25.4. The molecular weight excluding hydrogens is 519 g/mol. The molecule has 0 saturated carbocycles. The van der Waals surface area contributed by atoms with Crippen LogP contribution in [-0.4, -0.2) is 41.6 Å². The lowest BCUT2D eigenvalue weighted by Gasteiger charge is -2.10. The Balaban J connectivity index is 1.43. The molecule has 36 heavy (non-hydrogen) atoms.